The van der Waals surface area contributed by atoms with Crippen LogP contribution in [0.5, 0.6) is 0 Å². The fraction of sp³-hybridized carbons (Fsp3) is 0.333. The number of hydrogen-bond acceptors (Lipinski definition) is 3. The molecular formula is C15H20N4O. The van der Waals surface area contributed by atoms with Crippen molar-refractivity contribution in [2.45, 2.75) is 33.4 Å². The largest absolute Gasteiger partial charge is 0.396 e. The summed E-state index contributed by atoms with van der Waals surface area (Å²) in [5, 5.41) is 7.22. The summed E-state index contributed by atoms with van der Waals surface area (Å²) >= 11 is 0. The summed E-state index contributed by atoms with van der Waals surface area (Å²) in [4.78, 5) is 12.1. The Hall–Kier alpha value is -2.30. The Labute approximate surface area is 118 Å². The zero-order valence-electron chi connectivity index (χ0n) is 12.1. The minimum absolute atomic E-state index is 0.0296. The highest BCUT2D eigenvalue weighted by molar-refractivity contribution is 5.76. The van der Waals surface area contributed by atoms with Gasteiger partial charge in [0.1, 0.15) is 6.54 Å². The third-order valence-corrected chi connectivity index (χ3v) is 3.41. The highest BCUT2D eigenvalue weighted by atomic mass is 16.2. The second-order valence-corrected chi connectivity index (χ2v) is 4.94. The molecule has 5 heteroatoms. The third-order valence-electron chi connectivity index (χ3n) is 3.41. The van der Waals surface area contributed by atoms with E-state index in [-0.39, 0.29) is 18.5 Å². The molecule has 1 unspecified atom stereocenters. The van der Waals surface area contributed by atoms with Crippen molar-refractivity contribution in [1.82, 2.24) is 15.1 Å². The quantitative estimate of drug-likeness (QED) is 0.893. The summed E-state index contributed by atoms with van der Waals surface area (Å²) < 4.78 is 1.64. The number of aryl methyl sites for hydroxylation is 1. The van der Waals surface area contributed by atoms with Gasteiger partial charge in [-0.15, -0.1) is 0 Å². The van der Waals surface area contributed by atoms with Gasteiger partial charge in [-0.25, -0.2) is 0 Å². The lowest BCUT2D eigenvalue weighted by Crippen LogP contribution is -2.30. The first-order valence-electron chi connectivity index (χ1n) is 6.63. The Bertz CT molecular complexity index is 604. The number of carbonyl (C=O) groups is 1. The lowest BCUT2D eigenvalue weighted by molar-refractivity contribution is -0.122. The number of anilines is 1. The number of aromatic nitrogens is 2. The van der Waals surface area contributed by atoms with Crippen LogP contribution in [0.2, 0.25) is 0 Å². The smallest absolute Gasteiger partial charge is 0.242 e. The van der Waals surface area contributed by atoms with Crippen molar-refractivity contribution in [3.05, 3.63) is 47.3 Å². The first kappa shape index (κ1) is 14.1. The Balaban J connectivity index is 2.01. The Morgan fingerprint density at radius 1 is 1.35 bits per heavy atom. The maximum atomic E-state index is 12.1. The fourth-order valence-corrected chi connectivity index (χ4v) is 2.11. The number of benzene rings is 1. The lowest BCUT2D eigenvalue weighted by atomic mass is 10.1. The molecule has 1 amide bonds. The highest BCUT2D eigenvalue weighted by Crippen LogP contribution is 2.15. The second-order valence-electron chi connectivity index (χ2n) is 4.94. The zero-order chi connectivity index (χ0) is 14.7. The van der Waals surface area contributed by atoms with Crippen LogP contribution >= 0.6 is 0 Å². The molecule has 0 bridgehead atoms. The van der Waals surface area contributed by atoms with Crippen LogP contribution in [-0.4, -0.2) is 15.7 Å². The van der Waals surface area contributed by atoms with Crippen LogP contribution in [0.1, 0.15) is 29.9 Å². The van der Waals surface area contributed by atoms with Crippen LogP contribution in [0, 0.1) is 13.8 Å². The molecule has 0 spiro atoms. The minimum atomic E-state index is -0.0769. The van der Waals surface area contributed by atoms with Gasteiger partial charge in [-0.3, -0.25) is 9.48 Å². The van der Waals surface area contributed by atoms with Crippen LogP contribution in [0.3, 0.4) is 0 Å². The van der Waals surface area contributed by atoms with Gasteiger partial charge in [-0.2, -0.15) is 5.10 Å². The summed E-state index contributed by atoms with van der Waals surface area (Å²) in [5.41, 5.74) is 9.16. The lowest BCUT2D eigenvalue weighted by Gasteiger charge is -2.14. The van der Waals surface area contributed by atoms with E-state index in [1.807, 2.05) is 51.1 Å². The molecule has 1 atom stereocenters. The summed E-state index contributed by atoms with van der Waals surface area (Å²) in [5.74, 6) is -0.0769. The summed E-state index contributed by atoms with van der Waals surface area (Å²) in [7, 11) is 0. The number of nitrogen functional groups attached to an aromatic ring is 1. The van der Waals surface area contributed by atoms with E-state index in [2.05, 4.69) is 10.4 Å². The highest BCUT2D eigenvalue weighted by Gasteiger charge is 2.13. The third kappa shape index (κ3) is 2.99. The van der Waals surface area contributed by atoms with E-state index in [9.17, 15) is 4.79 Å². The normalized spacial score (nSPS) is 12.2. The van der Waals surface area contributed by atoms with Crippen LogP contribution in [0.15, 0.2) is 30.3 Å². The summed E-state index contributed by atoms with van der Waals surface area (Å²) in [6.45, 7) is 5.84. The number of nitrogens with two attached hydrogens (primary N) is 1. The standard InChI is InChI=1S/C15H20N4O/c1-10(13-7-5-4-6-8-13)17-14(20)9-19-12(3)15(16)11(2)18-19/h4-8,10H,9,16H2,1-3H3,(H,17,20). The van der Waals surface area contributed by atoms with Crippen LogP contribution in [0.25, 0.3) is 0 Å². The predicted octanol–water partition coefficient (Wildman–Crippen LogP) is 1.96. The van der Waals surface area contributed by atoms with Gasteiger partial charge < -0.3 is 11.1 Å². The second kappa shape index (κ2) is 5.77. The molecule has 106 valence electrons. The first-order chi connectivity index (χ1) is 9.49. The maximum absolute atomic E-state index is 12.1. The molecule has 1 heterocycles. The molecular weight excluding hydrogens is 252 g/mol. The fourth-order valence-electron chi connectivity index (χ4n) is 2.11. The van der Waals surface area contributed by atoms with Gasteiger partial charge in [0, 0.05) is 0 Å². The van der Waals surface area contributed by atoms with E-state index < -0.39 is 0 Å². The topological polar surface area (TPSA) is 72.9 Å². The van der Waals surface area contributed by atoms with Crippen LogP contribution < -0.4 is 11.1 Å². The number of hydrogen-bond donors (Lipinski definition) is 2. The molecule has 1 aromatic carbocycles. The molecule has 0 aliphatic rings. The van der Waals surface area contributed by atoms with Crippen molar-refractivity contribution >= 4 is 11.6 Å². The minimum Gasteiger partial charge on any atom is -0.396 e. The van der Waals surface area contributed by atoms with Gasteiger partial charge in [-0.05, 0) is 26.3 Å². The van der Waals surface area contributed by atoms with E-state index in [1.54, 1.807) is 4.68 Å². The number of nitrogens with zero attached hydrogens (tertiary/aromatic N) is 2. The Kier molecular flexibility index (Phi) is 4.08. The maximum Gasteiger partial charge on any atom is 0.242 e. The summed E-state index contributed by atoms with van der Waals surface area (Å²) in [6, 6.07) is 9.83. The predicted molar refractivity (Wildman–Crippen MR) is 79.1 cm³/mol. The zero-order valence-corrected chi connectivity index (χ0v) is 12.1. The molecule has 3 N–H and O–H groups in total. The monoisotopic (exact) mass is 272 g/mol. The molecule has 20 heavy (non-hydrogen) atoms. The van der Waals surface area contributed by atoms with Gasteiger partial charge in [0.15, 0.2) is 0 Å². The summed E-state index contributed by atoms with van der Waals surface area (Å²) in [6.07, 6.45) is 0. The van der Waals surface area contributed by atoms with E-state index in [1.165, 1.54) is 0 Å². The van der Waals surface area contributed by atoms with Crippen LogP contribution in [-0.2, 0) is 11.3 Å². The molecule has 5 nitrogen and oxygen atoms in total. The molecule has 2 rings (SSSR count). The van der Waals surface area contributed by atoms with Crippen molar-refractivity contribution < 1.29 is 4.79 Å². The molecule has 0 saturated heterocycles. The van der Waals surface area contributed by atoms with E-state index in [0.717, 1.165) is 17.0 Å². The van der Waals surface area contributed by atoms with Gasteiger partial charge in [0.2, 0.25) is 5.91 Å². The average Bonchev–Trinajstić information content (AvgIpc) is 2.67. The Morgan fingerprint density at radius 3 is 2.55 bits per heavy atom. The average molecular weight is 272 g/mol. The van der Waals surface area contributed by atoms with E-state index in [4.69, 9.17) is 5.73 Å². The first-order valence-corrected chi connectivity index (χ1v) is 6.63. The van der Waals surface area contributed by atoms with Crippen molar-refractivity contribution in [3.63, 3.8) is 0 Å². The van der Waals surface area contributed by atoms with Crippen molar-refractivity contribution in [3.8, 4) is 0 Å². The molecule has 0 radical (unpaired) electrons. The number of nitrogens with one attached hydrogen (secondary N) is 1. The molecule has 0 aliphatic heterocycles. The van der Waals surface area contributed by atoms with Crippen molar-refractivity contribution in [2.75, 3.05) is 5.73 Å². The van der Waals surface area contributed by atoms with E-state index in [0.29, 0.717) is 5.69 Å². The number of rotatable bonds is 4. The number of carbonyl (C=O) groups excluding carboxylic acids is 1. The molecule has 2 aromatic rings. The molecule has 1 aromatic heterocycles. The molecule has 0 saturated carbocycles. The van der Waals surface area contributed by atoms with Gasteiger partial charge in [-0.1, -0.05) is 30.3 Å². The Morgan fingerprint density at radius 2 is 2.00 bits per heavy atom. The van der Waals surface area contributed by atoms with Crippen molar-refractivity contribution in [1.29, 1.82) is 0 Å². The van der Waals surface area contributed by atoms with Crippen molar-refractivity contribution in [2.24, 2.45) is 0 Å². The molecule has 0 aliphatic carbocycles. The van der Waals surface area contributed by atoms with E-state index >= 15 is 0 Å². The van der Waals surface area contributed by atoms with Gasteiger partial charge in [0.25, 0.3) is 0 Å². The number of amides is 1. The SMILES string of the molecule is Cc1nn(CC(=O)NC(C)c2ccccc2)c(C)c1N. The van der Waals surface area contributed by atoms with Gasteiger partial charge in [0.05, 0.1) is 23.1 Å². The van der Waals surface area contributed by atoms with Crippen LogP contribution in [0.4, 0.5) is 5.69 Å². The van der Waals surface area contributed by atoms with Gasteiger partial charge >= 0.3 is 0 Å². The molecule has 0 fully saturated rings.